The summed E-state index contributed by atoms with van der Waals surface area (Å²) in [4.78, 5) is 3.55. The Morgan fingerprint density at radius 3 is 2.22 bits per heavy atom. The Hall–Kier alpha value is -3.91. The number of aliphatic imine (C=N–C) groups is 1. The van der Waals surface area contributed by atoms with Gasteiger partial charge in [-0.3, -0.25) is 0 Å². The highest BCUT2D eigenvalue weighted by atomic mass is 19.2. The molecule has 0 spiro atoms. The Morgan fingerprint density at radius 1 is 0.917 bits per heavy atom. The SMILES string of the molecule is C=C(O)N=C/C(=C\N)c1ccc(CCc2ccc(-c3ccc(COCC)c(F)c3F)cc2)c(F)c1F. The normalized spacial score (nSPS) is 11.9. The van der Waals surface area contributed by atoms with Crippen LogP contribution in [0.5, 0.6) is 0 Å². The van der Waals surface area contributed by atoms with E-state index in [0.29, 0.717) is 18.6 Å². The van der Waals surface area contributed by atoms with Crippen LogP contribution in [0.25, 0.3) is 16.7 Å². The maximum absolute atomic E-state index is 14.7. The summed E-state index contributed by atoms with van der Waals surface area (Å²) in [6, 6.07) is 12.6. The molecular formula is C28H26F4N2O2. The first kappa shape index (κ1) is 26.7. The van der Waals surface area contributed by atoms with E-state index in [0.717, 1.165) is 18.0 Å². The van der Waals surface area contributed by atoms with Gasteiger partial charge in [-0.05, 0) is 43.0 Å². The van der Waals surface area contributed by atoms with Gasteiger partial charge in [-0.15, -0.1) is 0 Å². The lowest BCUT2D eigenvalue weighted by Gasteiger charge is -2.11. The van der Waals surface area contributed by atoms with Crippen LogP contribution in [0.3, 0.4) is 0 Å². The predicted octanol–water partition coefficient (Wildman–Crippen LogP) is 6.63. The smallest absolute Gasteiger partial charge is 0.203 e. The summed E-state index contributed by atoms with van der Waals surface area (Å²) in [5.74, 6) is -4.48. The zero-order valence-electron chi connectivity index (χ0n) is 19.7. The number of nitrogens with zero attached hydrogens (tertiary/aromatic N) is 1. The van der Waals surface area contributed by atoms with Gasteiger partial charge in [-0.1, -0.05) is 48.5 Å². The van der Waals surface area contributed by atoms with Gasteiger partial charge in [0.25, 0.3) is 0 Å². The summed E-state index contributed by atoms with van der Waals surface area (Å²) in [5, 5.41) is 9.07. The lowest BCUT2D eigenvalue weighted by atomic mass is 9.97. The quantitative estimate of drug-likeness (QED) is 0.187. The van der Waals surface area contributed by atoms with Crippen LogP contribution in [-0.4, -0.2) is 17.9 Å². The molecule has 0 atom stereocenters. The van der Waals surface area contributed by atoms with E-state index >= 15 is 0 Å². The fraction of sp³-hybridized carbons (Fsp3) is 0.179. The Bertz CT molecular complexity index is 1300. The number of aliphatic hydroxyl groups is 1. The molecule has 0 bridgehead atoms. The molecule has 3 rings (SSSR count). The minimum Gasteiger partial charge on any atom is -0.494 e. The Labute approximate surface area is 207 Å². The van der Waals surface area contributed by atoms with E-state index < -0.39 is 29.2 Å². The molecule has 4 nitrogen and oxygen atoms in total. The Morgan fingerprint density at radius 2 is 1.58 bits per heavy atom. The van der Waals surface area contributed by atoms with Gasteiger partial charge < -0.3 is 15.6 Å². The molecule has 36 heavy (non-hydrogen) atoms. The minimum absolute atomic E-state index is 0.00751. The van der Waals surface area contributed by atoms with Gasteiger partial charge in [0, 0.05) is 41.3 Å². The molecule has 0 aliphatic carbocycles. The first-order valence-electron chi connectivity index (χ1n) is 11.2. The van der Waals surface area contributed by atoms with Crippen LogP contribution in [-0.2, 0) is 24.2 Å². The summed E-state index contributed by atoms with van der Waals surface area (Å²) in [6.45, 7) is 5.35. The van der Waals surface area contributed by atoms with Crippen molar-refractivity contribution in [3.05, 3.63) is 113 Å². The molecule has 8 heteroatoms. The van der Waals surface area contributed by atoms with E-state index in [1.165, 1.54) is 24.3 Å². The van der Waals surface area contributed by atoms with Gasteiger partial charge in [0.2, 0.25) is 5.88 Å². The fourth-order valence-corrected chi connectivity index (χ4v) is 3.62. The monoisotopic (exact) mass is 498 g/mol. The van der Waals surface area contributed by atoms with Crippen LogP contribution in [0.15, 0.2) is 72.2 Å². The van der Waals surface area contributed by atoms with E-state index in [2.05, 4.69) is 11.6 Å². The van der Waals surface area contributed by atoms with E-state index in [4.69, 9.17) is 15.6 Å². The second-order valence-corrected chi connectivity index (χ2v) is 7.93. The molecule has 3 aromatic carbocycles. The van der Waals surface area contributed by atoms with Crippen molar-refractivity contribution >= 4 is 11.8 Å². The molecule has 0 aliphatic heterocycles. The molecule has 0 saturated heterocycles. The maximum atomic E-state index is 14.7. The third-order valence-corrected chi connectivity index (χ3v) is 5.58. The lowest BCUT2D eigenvalue weighted by Crippen LogP contribution is -2.03. The number of ether oxygens (including phenoxy) is 1. The van der Waals surface area contributed by atoms with Crippen LogP contribution in [0.4, 0.5) is 17.6 Å². The molecule has 0 radical (unpaired) electrons. The van der Waals surface area contributed by atoms with Crippen LogP contribution in [0.1, 0.15) is 29.2 Å². The van der Waals surface area contributed by atoms with Gasteiger partial charge in [0.15, 0.2) is 23.3 Å². The molecule has 0 amide bonds. The van der Waals surface area contributed by atoms with Crippen molar-refractivity contribution in [1.82, 2.24) is 0 Å². The molecule has 0 saturated carbocycles. The summed E-state index contributed by atoms with van der Waals surface area (Å²) in [7, 11) is 0. The first-order chi connectivity index (χ1) is 17.3. The van der Waals surface area contributed by atoms with Gasteiger partial charge in [-0.2, -0.15) is 0 Å². The van der Waals surface area contributed by atoms with Crippen LogP contribution in [0, 0.1) is 23.3 Å². The summed E-state index contributed by atoms with van der Waals surface area (Å²) in [6.07, 6.45) is 2.74. The van der Waals surface area contributed by atoms with Gasteiger partial charge in [-0.25, -0.2) is 22.6 Å². The average Bonchev–Trinajstić information content (AvgIpc) is 2.87. The molecule has 0 fully saturated rings. The number of benzene rings is 3. The molecule has 0 heterocycles. The highest BCUT2D eigenvalue weighted by Crippen LogP contribution is 2.28. The number of hydrogen-bond acceptors (Lipinski definition) is 4. The molecule has 0 unspecified atom stereocenters. The lowest BCUT2D eigenvalue weighted by molar-refractivity contribution is 0.131. The van der Waals surface area contributed by atoms with E-state index in [-0.39, 0.29) is 40.9 Å². The van der Waals surface area contributed by atoms with E-state index in [1.807, 2.05) is 0 Å². The van der Waals surface area contributed by atoms with Gasteiger partial charge in [0.1, 0.15) is 0 Å². The number of hydrogen-bond donors (Lipinski definition) is 2. The van der Waals surface area contributed by atoms with Crippen molar-refractivity contribution in [1.29, 1.82) is 0 Å². The second kappa shape index (κ2) is 12.2. The van der Waals surface area contributed by atoms with Crippen molar-refractivity contribution in [3.8, 4) is 11.1 Å². The summed E-state index contributed by atoms with van der Waals surface area (Å²) >= 11 is 0. The predicted molar refractivity (Wildman–Crippen MR) is 133 cm³/mol. The van der Waals surface area contributed by atoms with Crippen molar-refractivity contribution in [3.63, 3.8) is 0 Å². The molecule has 0 aliphatic rings. The zero-order chi connectivity index (χ0) is 26.2. The fourth-order valence-electron chi connectivity index (χ4n) is 3.62. The van der Waals surface area contributed by atoms with Gasteiger partial charge >= 0.3 is 0 Å². The Balaban J connectivity index is 1.73. The molecule has 188 valence electrons. The summed E-state index contributed by atoms with van der Waals surface area (Å²) < 4.78 is 63.5. The molecular weight excluding hydrogens is 472 g/mol. The highest BCUT2D eigenvalue weighted by Gasteiger charge is 2.17. The van der Waals surface area contributed by atoms with Crippen molar-refractivity contribution in [2.75, 3.05) is 6.61 Å². The third kappa shape index (κ3) is 6.20. The van der Waals surface area contributed by atoms with Crippen LogP contribution in [0.2, 0.25) is 0 Å². The van der Waals surface area contributed by atoms with Crippen molar-refractivity contribution in [2.45, 2.75) is 26.4 Å². The van der Waals surface area contributed by atoms with E-state index in [9.17, 15) is 17.6 Å². The number of aryl methyl sites for hydroxylation is 2. The number of allylic oxidation sites excluding steroid dienone is 1. The topological polar surface area (TPSA) is 67.8 Å². The zero-order valence-corrected chi connectivity index (χ0v) is 19.7. The van der Waals surface area contributed by atoms with Crippen molar-refractivity contribution in [2.24, 2.45) is 10.7 Å². The molecule has 0 aromatic heterocycles. The standard InChI is InChI=1S/C28H26F4N2O2/c1-3-36-16-21-11-13-23(27(31)26(21)30)19-7-4-18(5-8-19)6-9-20-10-12-24(28(32)25(20)29)22(14-33)15-34-17(2)35/h4-5,7-8,10-15,35H,2-3,6,9,16,33H2,1H3/b22-14+,34-15?. The number of halogens is 4. The number of nitrogens with two attached hydrogens (primary N) is 1. The highest BCUT2D eigenvalue weighted by molar-refractivity contribution is 6.10. The third-order valence-electron chi connectivity index (χ3n) is 5.58. The minimum atomic E-state index is -1.08. The van der Waals surface area contributed by atoms with Crippen LogP contribution >= 0.6 is 0 Å². The van der Waals surface area contributed by atoms with Gasteiger partial charge in [0.05, 0.1) is 6.61 Å². The molecule has 3 aromatic rings. The maximum Gasteiger partial charge on any atom is 0.203 e. The second-order valence-electron chi connectivity index (χ2n) is 7.93. The van der Waals surface area contributed by atoms with Crippen molar-refractivity contribution < 1.29 is 27.4 Å². The van der Waals surface area contributed by atoms with Crippen LogP contribution < -0.4 is 5.73 Å². The first-order valence-corrected chi connectivity index (χ1v) is 11.2. The number of aliphatic hydroxyl groups excluding tert-OH is 1. The van der Waals surface area contributed by atoms with E-state index in [1.54, 1.807) is 31.2 Å². The summed E-state index contributed by atoms with van der Waals surface area (Å²) in [5.41, 5.74) is 7.20. The number of rotatable bonds is 10. The average molecular weight is 499 g/mol. The largest absolute Gasteiger partial charge is 0.494 e. The molecule has 3 N–H and O–H groups in total. The Kier molecular flexibility index (Phi) is 9.02.